The Morgan fingerprint density at radius 1 is 1.04 bits per heavy atom. The molecule has 2 N–H and O–H groups in total. The third-order valence-corrected chi connectivity index (χ3v) is 10.4. The molecular weight excluding hydrogens is 604 g/mol. The van der Waals surface area contributed by atoms with E-state index in [1.165, 1.54) is 0 Å². The van der Waals surface area contributed by atoms with Gasteiger partial charge < -0.3 is 30.1 Å². The number of hydrogen-bond acceptors (Lipinski definition) is 8. The molecule has 0 aliphatic carbocycles. The van der Waals surface area contributed by atoms with Gasteiger partial charge in [0.05, 0.1) is 29.7 Å². The molecule has 1 aromatic heterocycles. The summed E-state index contributed by atoms with van der Waals surface area (Å²) in [5.41, 5.74) is 0.766. The zero-order chi connectivity index (χ0) is 32.6. The molecule has 5 heterocycles. The molecule has 11 nitrogen and oxygen atoms in total. The number of piperidine rings is 2. The summed E-state index contributed by atoms with van der Waals surface area (Å²) in [4.78, 5) is 64.8. The number of aromatic nitrogens is 1. The van der Waals surface area contributed by atoms with Gasteiger partial charge in [0.15, 0.2) is 6.61 Å². The van der Waals surface area contributed by atoms with Crippen molar-refractivity contribution in [2.24, 2.45) is 0 Å². The van der Waals surface area contributed by atoms with E-state index >= 15 is 0 Å². The van der Waals surface area contributed by atoms with E-state index in [-0.39, 0.29) is 67.2 Å². The highest BCUT2D eigenvalue weighted by Gasteiger charge is 2.34. The van der Waals surface area contributed by atoms with Crippen molar-refractivity contribution in [2.45, 2.75) is 89.8 Å². The second-order valence-corrected chi connectivity index (χ2v) is 14.2. The van der Waals surface area contributed by atoms with Crippen LogP contribution in [0.25, 0.3) is 0 Å². The van der Waals surface area contributed by atoms with Crippen LogP contribution >= 0.6 is 11.3 Å². The molecule has 1 aromatic carbocycles. The molecule has 2 fully saturated rings. The third kappa shape index (κ3) is 8.85. The van der Waals surface area contributed by atoms with Crippen LogP contribution in [0.1, 0.15) is 73.9 Å². The lowest BCUT2D eigenvalue weighted by atomic mass is 9.96. The molecule has 0 unspecified atom stereocenters. The highest BCUT2D eigenvalue weighted by Crippen LogP contribution is 2.33. The van der Waals surface area contributed by atoms with Crippen LogP contribution in [0.3, 0.4) is 0 Å². The first-order valence-corrected chi connectivity index (χ1v) is 17.5. The molecule has 1 atom stereocenters. The van der Waals surface area contributed by atoms with Crippen LogP contribution in [0.5, 0.6) is 5.75 Å². The number of amides is 4. The Balaban J connectivity index is 1.27. The van der Waals surface area contributed by atoms with Crippen LogP contribution < -0.4 is 15.4 Å². The summed E-state index contributed by atoms with van der Waals surface area (Å²) in [6.45, 7) is 8.79. The van der Waals surface area contributed by atoms with Crippen molar-refractivity contribution < 1.29 is 23.9 Å². The maximum Gasteiger partial charge on any atom is 0.260 e. The zero-order valence-electron chi connectivity index (χ0n) is 27.3. The molecule has 12 heteroatoms. The molecule has 4 aliphatic rings. The fourth-order valence-corrected chi connectivity index (χ4v) is 7.73. The van der Waals surface area contributed by atoms with Gasteiger partial charge in [0.2, 0.25) is 17.7 Å². The van der Waals surface area contributed by atoms with Crippen molar-refractivity contribution in [1.29, 1.82) is 0 Å². The Hall–Kier alpha value is -3.51. The van der Waals surface area contributed by atoms with E-state index in [4.69, 9.17) is 9.72 Å². The molecule has 250 valence electrons. The number of rotatable bonds is 6. The standard InChI is InChI=1S/C34H48N6O5S/c1-23(2)36-28-10-7-15-35-30(41)21-40(26-13-18-38(19-14-26)32(43)22-45-27-8-5-4-6-9-27)31(42)20-29-24(3)46-33(37-29)25-11-16-39(17-12-25)34(28)44/h4-6,8-9,23,25-26,28,36H,7,10-22H2,1-3H3,(H,35,41)/t28-/m0/s1. The summed E-state index contributed by atoms with van der Waals surface area (Å²) < 4.78 is 5.66. The molecular formula is C34H48N6O5S. The van der Waals surface area contributed by atoms with Crippen LogP contribution in [0, 0.1) is 6.92 Å². The Labute approximate surface area is 276 Å². The summed E-state index contributed by atoms with van der Waals surface area (Å²) in [7, 11) is 0. The lowest BCUT2D eigenvalue weighted by Gasteiger charge is -2.38. The van der Waals surface area contributed by atoms with Crippen molar-refractivity contribution in [2.75, 3.05) is 45.9 Å². The number of hydrogen-bond donors (Lipinski definition) is 2. The van der Waals surface area contributed by atoms with E-state index in [2.05, 4.69) is 10.6 Å². The number of aryl methyl sites for hydroxylation is 1. The average Bonchev–Trinajstić information content (AvgIpc) is 3.43. The first-order chi connectivity index (χ1) is 22.2. The summed E-state index contributed by atoms with van der Waals surface area (Å²) in [6, 6.07) is 8.96. The molecule has 6 rings (SSSR count). The number of carbonyl (C=O) groups excluding carboxylic acids is 4. The topological polar surface area (TPSA) is 124 Å². The fraction of sp³-hybridized carbons (Fsp3) is 0.618. The van der Waals surface area contributed by atoms with E-state index in [1.54, 1.807) is 21.1 Å². The minimum Gasteiger partial charge on any atom is -0.484 e. The van der Waals surface area contributed by atoms with Crippen LogP contribution in [-0.4, -0.2) is 107 Å². The minimum atomic E-state index is -0.301. The Morgan fingerprint density at radius 2 is 1.76 bits per heavy atom. The monoisotopic (exact) mass is 652 g/mol. The second-order valence-electron chi connectivity index (χ2n) is 12.9. The number of nitrogens with one attached hydrogen (secondary N) is 2. The maximum absolute atomic E-state index is 13.9. The van der Waals surface area contributed by atoms with E-state index in [9.17, 15) is 19.2 Å². The van der Waals surface area contributed by atoms with Gasteiger partial charge in [0, 0.05) is 55.6 Å². The van der Waals surface area contributed by atoms with Crippen molar-refractivity contribution in [3.05, 3.63) is 45.9 Å². The smallest absolute Gasteiger partial charge is 0.260 e. The molecule has 4 amide bonds. The van der Waals surface area contributed by atoms with Crippen LogP contribution in [0.2, 0.25) is 0 Å². The number of carbonyl (C=O) groups is 4. The highest BCUT2D eigenvalue weighted by molar-refractivity contribution is 7.11. The van der Waals surface area contributed by atoms with Gasteiger partial charge in [-0.25, -0.2) is 4.98 Å². The van der Waals surface area contributed by atoms with Gasteiger partial charge in [-0.15, -0.1) is 11.3 Å². The summed E-state index contributed by atoms with van der Waals surface area (Å²) >= 11 is 1.64. The molecule has 46 heavy (non-hydrogen) atoms. The summed E-state index contributed by atoms with van der Waals surface area (Å²) in [5, 5.41) is 7.45. The summed E-state index contributed by atoms with van der Waals surface area (Å²) in [5.74, 6) is 0.615. The van der Waals surface area contributed by atoms with Gasteiger partial charge in [-0.05, 0) is 57.6 Å². The normalized spacial score (nSPS) is 22.5. The third-order valence-electron chi connectivity index (χ3n) is 9.21. The number of nitrogens with zero attached hydrogens (tertiary/aromatic N) is 4. The fourth-order valence-electron chi connectivity index (χ4n) is 6.63. The zero-order valence-corrected chi connectivity index (χ0v) is 28.2. The highest BCUT2D eigenvalue weighted by atomic mass is 32.1. The predicted molar refractivity (Wildman–Crippen MR) is 177 cm³/mol. The number of ether oxygens (including phenoxy) is 1. The van der Waals surface area contributed by atoms with Gasteiger partial charge in [-0.2, -0.15) is 0 Å². The number of para-hydroxylation sites is 1. The van der Waals surface area contributed by atoms with Gasteiger partial charge in [-0.1, -0.05) is 32.0 Å². The Bertz CT molecular complexity index is 1350. The molecule has 0 spiro atoms. The quantitative estimate of drug-likeness (QED) is 0.492. The molecule has 2 aromatic rings. The largest absolute Gasteiger partial charge is 0.484 e. The van der Waals surface area contributed by atoms with Crippen molar-refractivity contribution in [3.8, 4) is 5.75 Å². The number of benzene rings is 1. The number of likely N-dealkylation sites (tertiary alicyclic amines) is 1. The van der Waals surface area contributed by atoms with Crippen molar-refractivity contribution in [1.82, 2.24) is 30.3 Å². The lowest BCUT2D eigenvalue weighted by Crippen LogP contribution is -2.52. The van der Waals surface area contributed by atoms with Crippen molar-refractivity contribution in [3.63, 3.8) is 0 Å². The minimum absolute atomic E-state index is 0.0384. The van der Waals surface area contributed by atoms with Gasteiger partial charge in [0.1, 0.15) is 5.75 Å². The molecule has 4 aliphatic heterocycles. The molecule has 0 saturated carbocycles. The van der Waals surface area contributed by atoms with Gasteiger partial charge >= 0.3 is 0 Å². The molecule has 0 radical (unpaired) electrons. The number of fused-ring (bicyclic) bond motifs is 12. The van der Waals surface area contributed by atoms with Gasteiger partial charge in [-0.3, -0.25) is 19.2 Å². The van der Waals surface area contributed by atoms with Crippen LogP contribution in [0.4, 0.5) is 0 Å². The molecule has 2 saturated heterocycles. The SMILES string of the molecule is Cc1sc2nc1CC(=O)N(C1CCN(C(=O)COc3ccccc3)CC1)CC(=O)NCCC[C@H](NC(C)C)C(=O)N1CCC2CC1. The maximum atomic E-state index is 13.9. The van der Waals surface area contributed by atoms with E-state index in [0.717, 1.165) is 28.4 Å². The Kier molecular flexibility index (Phi) is 11.7. The first kappa shape index (κ1) is 33.8. The van der Waals surface area contributed by atoms with Crippen molar-refractivity contribution >= 4 is 35.0 Å². The average molecular weight is 653 g/mol. The van der Waals surface area contributed by atoms with Gasteiger partial charge in [0.25, 0.3) is 5.91 Å². The molecule has 4 bridgehead atoms. The first-order valence-electron chi connectivity index (χ1n) is 16.7. The Morgan fingerprint density at radius 3 is 2.46 bits per heavy atom. The number of thiazole rings is 1. The lowest BCUT2D eigenvalue weighted by molar-refractivity contribution is -0.141. The predicted octanol–water partition coefficient (Wildman–Crippen LogP) is 2.88. The van der Waals surface area contributed by atoms with Crippen LogP contribution in [0.15, 0.2) is 30.3 Å². The van der Waals surface area contributed by atoms with Crippen LogP contribution in [-0.2, 0) is 25.6 Å². The summed E-state index contributed by atoms with van der Waals surface area (Å²) in [6.07, 6.45) is 4.29. The second kappa shape index (κ2) is 15.9. The van der Waals surface area contributed by atoms with E-state index < -0.39 is 0 Å². The van der Waals surface area contributed by atoms with E-state index in [0.29, 0.717) is 64.2 Å². The van der Waals surface area contributed by atoms with E-state index in [1.807, 2.05) is 56.0 Å².